The van der Waals surface area contributed by atoms with Gasteiger partial charge in [-0.15, -0.1) is 0 Å². The van der Waals surface area contributed by atoms with Crippen LogP contribution in [0.1, 0.15) is 13.8 Å². The standard InChI is InChI=1S/C10H14BrN3O4S/c1-6(2)18-10(15)14-19(16,17)13-7-3-4-9(12)8(11)5-7/h3-6,13H,12H2,1-2H3,(H,14,15). The van der Waals surface area contributed by atoms with Gasteiger partial charge in [-0.05, 0) is 48.0 Å². The number of anilines is 2. The molecule has 9 heteroatoms. The first-order valence-electron chi connectivity index (χ1n) is 5.26. The molecule has 0 aliphatic carbocycles. The lowest BCUT2D eigenvalue weighted by Gasteiger charge is -2.12. The maximum Gasteiger partial charge on any atom is 0.422 e. The molecule has 0 aromatic heterocycles. The van der Waals surface area contributed by atoms with Gasteiger partial charge in [0.2, 0.25) is 0 Å². The van der Waals surface area contributed by atoms with Crippen molar-refractivity contribution in [2.75, 3.05) is 10.5 Å². The largest absolute Gasteiger partial charge is 0.446 e. The molecule has 106 valence electrons. The minimum absolute atomic E-state index is 0.255. The number of benzene rings is 1. The summed E-state index contributed by atoms with van der Waals surface area (Å²) in [5.41, 5.74) is 6.30. The van der Waals surface area contributed by atoms with E-state index in [0.717, 1.165) is 0 Å². The fourth-order valence-electron chi connectivity index (χ4n) is 1.12. The van der Waals surface area contributed by atoms with Crippen molar-refractivity contribution >= 4 is 43.6 Å². The van der Waals surface area contributed by atoms with Gasteiger partial charge in [0, 0.05) is 10.2 Å². The van der Waals surface area contributed by atoms with E-state index in [-0.39, 0.29) is 5.69 Å². The number of amides is 1. The van der Waals surface area contributed by atoms with E-state index in [1.807, 2.05) is 0 Å². The molecule has 0 aliphatic heterocycles. The van der Waals surface area contributed by atoms with Crippen molar-refractivity contribution in [1.82, 2.24) is 4.72 Å². The number of rotatable bonds is 4. The molecule has 4 N–H and O–H groups in total. The molecule has 0 unspecified atom stereocenters. The van der Waals surface area contributed by atoms with Crippen molar-refractivity contribution in [1.29, 1.82) is 0 Å². The third-order valence-corrected chi connectivity index (χ3v) is 3.44. The Bertz CT molecular complexity index is 574. The van der Waals surface area contributed by atoms with Crippen LogP contribution in [0, 0.1) is 0 Å². The van der Waals surface area contributed by atoms with Gasteiger partial charge in [0.15, 0.2) is 0 Å². The van der Waals surface area contributed by atoms with Crippen LogP contribution < -0.4 is 15.2 Å². The van der Waals surface area contributed by atoms with Crippen molar-refractivity contribution in [3.8, 4) is 0 Å². The summed E-state index contributed by atoms with van der Waals surface area (Å²) in [5, 5.41) is 0. The summed E-state index contributed by atoms with van der Waals surface area (Å²) in [4.78, 5) is 11.2. The van der Waals surface area contributed by atoms with Gasteiger partial charge in [0.05, 0.1) is 11.8 Å². The maximum atomic E-state index is 11.6. The summed E-state index contributed by atoms with van der Waals surface area (Å²) in [6.07, 6.45) is -1.46. The van der Waals surface area contributed by atoms with Crippen molar-refractivity contribution in [2.24, 2.45) is 0 Å². The minimum Gasteiger partial charge on any atom is -0.446 e. The molecule has 0 saturated heterocycles. The molecule has 1 amide bonds. The average molecular weight is 352 g/mol. The topological polar surface area (TPSA) is 111 Å². The van der Waals surface area contributed by atoms with Crippen LogP contribution in [0.5, 0.6) is 0 Å². The molecule has 0 heterocycles. The first kappa shape index (κ1) is 15.6. The van der Waals surface area contributed by atoms with Crippen LogP contribution in [-0.2, 0) is 14.9 Å². The molecular weight excluding hydrogens is 338 g/mol. The number of halogens is 1. The molecule has 0 saturated carbocycles. The first-order chi connectivity index (χ1) is 8.69. The number of nitrogen functional groups attached to an aromatic ring is 1. The lowest BCUT2D eigenvalue weighted by Crippen LogP contribution is -2.36. The summed E-state index contributed by atoms with van der Waals surface area (Å²) in [7, 11) is -4.05. The second kappa shape index (κ2) is 6.11. The Labute approximate surface area is 119 Å². The molecule has 0 spiro atoms. The van der Waals surface area contributed by atoms with E-state index < -0.39 is 22.4 Å². The van der Waals surface area contributed by atoms with Crippen molar-refractivity contribution in [2.45, 2.75) is 20.0 Å². The van der Waals surface area contributed by atoms with E-state index in [1.54, 1.807) is 18.6 Å². The highest BCUT2D eigenvalue weighted by Gasteiger charge is 2.16. The Morgan fingerprint density at radius 2 is 2.05 bits per heavy atom. The summed E-state index contributed by atoms with van der Waals surface area (Å²) < 4.78 is 32.3. The van der Waals surface area contributed by atoms with E-state index in [0.29, 0.717) is 10.2 Å². The normalized spacial score (nSPS) is 11.2. The van der Waals surface area contributed by atoms with Gasteiger partial charge in [-0.1, -0.05) is 0 Å². The molecule has 0 fully saturated rings. The second-order valence-corrected chi connectivity index (χ2v) is 6.17. The number of hydrogen-bond donors (Lipinski definition) is 3. The van der Waals surface area contributed by atoms with Gasteiger partial charge in [0.1, 0.15) is 0 Å². The van der Waals surface area contributed by atoms with Crippen molar-refractivity contribution < 1.29 is 17.9 Å². The molecule has 0 radical (unpaired) electrons. The Kier molecular flexibility index (Phi) is 5.01. The Morgan fingerprint density at radius 1 is 1.42 bits per heavy atom. The zero-order valence-corrected chi connectivity index (χ0v) is 12.7. The van der Waals surface area contributed by atoms with Gasteiger partial charge in [-0.2, -0.15) is 8.42 Å². The van der Waals surface area contributed by atoms with Gasteiger partial charge in [-0.25, -0.2) is 9.52 Å². The third kappa shape index (κ3) is 5.35. The number of nitrogens with two attached hydrogens (primary N) is 1. The number of nitrogens with one attached hydrogen (secondary N) is 2. The maximum absolute atomic E-state index is 11.6. The fourth-order valence-corrected chi connectivity index (χ4v) is 2.25. The Balaban J connectivity index is 2.74. The Morgan fingerprint density at radius 3 is 2.58 bits per heavy atom. The van der Waals surface area contributed by atoms with Crippen molar-refractivity contribution in [3.05, 3.63) is 22.7 Å². The van der Waals surface area contributed by atoms with E-state index in [1.165, 1.54) is 18.2 Å². The SMILES string of the molecule is CC(C)OC(=O)NS(=O)(=O)Nc1ccc(N)c(Br)c1. The molecule has 0 bridgehead atoms. The van der Waals surface area contributed by atoms with E-state index >= 15 is 0 Å². The average Bonchev–Trinajstić information content (AvgIpc) is 2.20. The van der Waals surface area contributed by atoms with Gasteiger partial charge in [0.25, 0.3) is 0 Å². The fraction of sp³-hybridized carbons (Fsp3) is 0.300. The highest BCUT2D eigenvalue weighted by molar-refractivity contribution is 9.10. The predicted molar refractivity (Wildman–Crippen MR) is 75.8 cm³/mol. The van der Waals surface area contributed by atoms with E-state index in [9.17, 15) is 13.2 Å². The van der Waals surface area contributed by atoms with Gasteiger partial charge < -0.3 is 10.5 Å². The number of carbonyl (C=O) groups is 1. The summed E-state index contributed by atoms with van der Waals surface area (Å²) in [6, 6.07) is 4.46. The van der Waals surface area contributed by atoms with Crippen LogP contribution in [0.2, 0.25) is 0 Å². The molecule has 0 atom stereocenters. The molecule has 1 aromatic carbocycles. The molecular formula is C10H14BrN3O4S. The number of carbonyl (C=O) groups excluding carboxylic acids is 1. The van der Waals surface area contributed by atoms with Gasteiger partial charge >= 0.3 is 16.3 Å². The first-order valence-corrected chi connectivity index (χ1v) is 7.53. The zero-order chi connectivity index (χ0) is 14.6. The van der Waals surface area contributed by atoms with Crippen LogP contribution in [0.25, 0.3) is 0 Å². The van der Waals surface area contributed by atoms with Crippen LogP contribution >= 0.6 is 15.9 Å². The summed E-state index contributed by atoms with van der Waals surface area (Å²) in [5.74, 6) is 0. The summed E-state index contributed by atoms with van der Waals surface area (Å²) >= 11 is 3.17. The monoisotopic (exact) mass is 351 g/mol. The van der Waals surface area contributed by atoms with Gasteiger partial charge in [-0.3, -0.25) is 4.72 Å². The molecule has 1 rings (SSSR count). The van der Waals surface area contributed by atoms with Crippen LogP contribution in [0.15, 0.2) is 22.7 Å². The Hall–Kier alpha value is -1.48. The highest BCUT2D eigenvalue weighted by Crippen LogP contribution is 2.23. The third-order valence-electron chi connectivity index (χ3n) is 1.81. The predicted octanol–water partition coefficient (Wildman–Crippen LogP) is 1.82. The zero-order valence-electron chi connectivity index (χ0n) is 10.3. The lowest BCUT2D eigenvalue weighted by molar-refractivity contribution is 0.121. The van der Waals surface area contributed by atoms with E-state index in [4.69, 9.17) is 5.73 Å². The van der Waals surface area contributed by atoms with Crippen LogP contribution in [0.3, 0.4) is 0 Å². The number of hydrogen-bond acceptors (Lipinski definition) is 5. The van der Waals surface area contributed by atoms with E-state index in [2.05, 4.69) is 25.4 Å². The summed E-state index contributed by atoms with van der Waals surface area (Å²) in [6.45, 7) is 3.22. The molecule has 7 nitrogen and oxygen atoms in total. The second-order valence-electron chi connectivity index (χ2n) is 3.90. The highest BCUT2D eigenvalue weighted by atomic mass is 79.9. The smallest absolute Gasteiger partial charge is 0.422 e. The van der Waals surface area contributed by atoms with Crippen LogP contribution in [0.4, 0.5) is 16.2 Å². The quantitative estimate of drug-likeness (QED) is 0.716. The van der Waals surface area contributed by atoms with Crippen molar-refractivity contribution in [3.63, 3.8) is 0 Å². The lowest BCUT2D eigenvalue weighted by atomic mass is 10.3. The number of ether oxygens (including phenoxy) is 1. The van der Waals surface area contributed by atoms with Crippen LogP contribution in [-0.4, -0.2) is 20.6 Å². The molecule has 1 aromatic rings. The minimum atomic E-state index is -4.05. The molecule has 0 aliphatic rings. The molecule has 19 heavy (non-hydrogen) atoms.